The van der Waals surface area contributed by atoms with Gasteiger partial charge in [-0.15, -0.1) is 0 Å². The summed E-state index contributed by atoms with van der Waals surface area (Å²) in [5, 5.41) is 0. The minimum atomic E-state index is -0.653. The second-order valence-electron chi connectivity index (χ2n) is 9.67. The van der Waals surface area contributed by atoms with Crippen LogP contribution in [0.3, 0.4) is 0 Å². The van der Waals surface area contributed by atoms with Gasteiger partial charge in [0.1, 0.15) is 5.75 Å². The molecule has 37 heavy (non-hydrogen) atoms. The Labute approximate surface area is 222 Å². The molecule has 0 N–H and O–H groups in total. The van der Waals surface area contributed by atoms with E-state index in [4.69, 9.17) is 9.47 Å². The molecule has 5 heteroatoms. The third kappa shape index (κ3) is 9.64. The number of hydrogen-bond donors (Lipinski definition) is 0. The van der Waals surface area contributed by atoms with Crippen LogP contribution in [0, 0.1) is 0 Å². The Hall–Kier alpha value is -3.21. The van der Waals surface area contributed by atoms with Gasteiger partial charge in [0.25, 0.3) is 0 Å². The Bertz CT molecular complexity index is 1050. The topological polar surface area (TPSA) is 61.3 Å². The van der Waals surface area contributed by atoms with Crippen LogP contribution in [-0.2, 0) is 16.0 Å². The molecule has 3 rings (SSSR count). The fraction of sp³-hybridized carbons (Fsp3) is 0.469. The average molecular weight is 503 g/mol. The number of esters is 1. The fourth-order valence-corrected chi connectivity index (χ4v) is 4.18. The van der Waals surface area contributed by atoms with Crippen LogP contribution in [0.15, 0.2) is 60.9 Å². The van der Waals surface area contributed by atoms with E-state index >= 15 is 0 Å². The number of carbonyl (C=O) groups excluding carboxylic acids is 1. The van der Waals surface area contributed by atoms with E-state index in [1.165, 1.54) is 37.7 Å². The quantitative estimate of drug-likeness (QED) is 0.146. The summed E-state index contributed by atoms with van der Waals surface area (Å²) >= 11 is 0. The number of carbonyl (C=O) groups is 1. The summed E-state index contributed by atoms with van der Waals surface area (Å²) in [5.41, 5.74) is 4.40. The number of hydrogen-bond acceptors (Lipinski definition) is 5. The maximum Gasteiger partial charge on any atom is 0.347 e. The van der Waals surface area contributed by atoms with E-state index in [1.807, 2.05) is 36.7 Å². The number of nitrogens with zero attached hydrogens (tertiary/aromatic N) is 2. The van der Waals surface area contributed by atoms with E-state index in [0.717, 1.165) is 48.8 Å². The third-order valence-electron chi connectivity index (χ3n) is 6.51. The molecule has 1 aromatic heterocycles. The second-order valence-corrected chi connectivity index (χ2v) is 9.67. The molecule has 0 bridgehead atoms. The molecule has 0 saturated carbocycles. The van der Waals surface area contributed by atoms with Crippen LogP contribution in [0.1, 0.15) is 84.1 Å². The van der Waals surface area contributed by atoms with E-state index in [-0.39, 0.29) is 5.97 Å². The van der Waals surface area contributed by atoms with E-state index in [9.17, 15) is 4.79 Å². The molecule has 0 fully saturated rings. The molecule has 0 radical (unpaired) electrons. The highest BCUT2D eigenvalue weighted by Gasteiger charge is 2.16. The number of aromatic nitrogens is 2. The van der Waals surface area contributed by atoms with Crippen LogP contribution in [-0.4, -0.2) is 28.6 Å². The number of rotatable bonds is 16. The van der Waals surface area contributed by atoms with Crippen LogP contribution in [0.25, 0.3) is 22.5 Å². The van der Waals surface area contributed by atoms with Crippen molar-refractivity contribution in [1.82, 2.24) is 9.97 Å². The monoisotopic (exact) mass is 502 g/mol. The van der Waals surface area contributed by atoms with Crippen LogP contribution >= 0.6 is 0 Å². The van der Waals surface area contributed by atoms with Gasteiger partial charge in [-0.05, 0) is 61.6 Å². The maximum absolute atomic E-state index is 12.1. The first-order chi connectivity index (χ1) is 18.1. The standard InChI is InChI=1S/C32H42N2O3/c1-4-6-8-10-11-13-26-14-16-27(17-15-26)29-23-33-31(34-24-29)28-18-20-30(21-19-28)37-25(3)32(35)36-22-12-9-7-5-2/h14-21,23-25H,4-13,22H2,1-3H3. The largest absolute Gasteiger partial charge is 0.479 e. The first kappa shape index (κ1) is 28.4. The molecule has 3 aromatic rings. The van der Waals surface area contributed by atoms with Crippen molar-refractivity contribution in [1.29, 1.82) is 0 Å². The molecule has 0 saturated heterocycles. The summed E-state index contributed by atoms with van der Waals surface area (Å²) in [7, 11) is 0. The highest BCUT2D eigenvalue weighted by molar-refractivity contribution is 5.74. The van der Waals surface area contributed by atoms with Gasteiger partial charge in [-0.25, -0.2) is 14.8 Å². The van der Waals surface area contributed by atoms with E-state index in [1.54, 1.807) is 6.92 Å². The van der Waals surface area contributed by atoms with E-state index in [0.29, 0.717) is 18.2 Å². The van der Waals surface area contributed by atoms with Crippen molar-refractivity contribution in [3.05, 3.63) is 66.5 Å². The summed E-state index contributed by atoms with van der Waals surface area (Å²) < 4.78 is 11.1. The van der Waals surface area contributed by atoms with Gasteiger partial charge in [0, 0.05) is 23.5 Å². The molecular weight excluding hydrogens is 460 g/mol. The predicted octanol–water partition coefficient (Wildman–Crippen LogP) is 8.21. The number of aryl methyl sites for hydroxylation is 1. The normalized spacial score (nSPS) is 11.8. The van der Waals surface area contributed by atoms with Crippen LogP contribution in [0.2, 0.25) is 0 Å². The van der Waals surface area contributed by atoms with Crippen molar-refractivity contribution in [2.75, 3.05) is 6.61 Å². The lowest BCUT2D eigenvalue weighted by atomic mass is 10.0. The Morgan fingerprint density at radius 2 is 1.32 bits per heavy atom. The lowest BCUT2D eigenvalue weighted by molar-refractivity contribution is -0.151. The van der Waals surface area contributed by atoms with Crippen molar-refractivity contribution < 1.29 is 14.3 Å². The zero-order valence-corrected chi connectivity index (χ0v) is 22.7. The van der Waals surface area contributed by atoms with Crippen LogP contribution in [0.4, 0.5) is 0 Å². The molecule has 0 amide bonds. The van der Waals surface area contributed by atoms with Gasteiger partial charge >= 0.3 is 5.97 Å². The highest BCUT2D eigenvalue weighted by Crippen LogP contribution is 2.23. The lowest BCUT2D eigenvalue weighted by Crippen LogP contribution is -2.26. The zero-order chi connectivity index (χ0) is 26.3. The molecule has 0 spiro atoms. The minimum Gasteiger partial charge on any atom is -0.479 e. The van der Waals surface area contributed by atoms with Gasteiger partial charge in [0.2, 0.25) is 0 Å². The van der Waals surface area contributed by atoms with Crippen molar-refractivity contribution in [3.8, 4) is 28.3 Å². The molecular formula is C32H42N2O3. The van der Waals surface area contributed by atoms with Gasteiger partial charge in [0.05, 0.1) is 6.61 Å². The smallest absolute Gasteiger partial charge is 0.347 e. The molecule has 0 aliphatic carbocycles. The molecule has 2 aromatic carbocycles. The molecule has 1 heterocycles. The van der Waals surface area contributed by atoms with Crippen molar-refractivity contribution >= 4 is 5.97 Å². The Morgan fingerprint density at radius 3 is 1.97 bits per heavy atom. The Balaban J connectivity index is 1.49. The van der Waals surface area contributed by atoms with Gasteiger partial charge in [-0.2, -0.15) is 0 Å². The predicted molar refractivity (Wildman–Crippen MR) is 151 cm³/mol. The zero-order valence-electron chi connectivity index (χ0n) is 22.7. The molecule has 5 nitrogen and oxygen atoms in total. The minimum absolute atomic E-state index is 0.334. The SMILES string of the molecule is CCCCCCCc1ccc(-c2cnc(-c3ccc(OC(C)C(=O)OCCCCCC)cc3)nc2)cc1. The highest BCUT2D eigenvalue weighted by atomic mass is 16.6. The summed E-state index contributed by atoms with van der Waals surface area (Å²) in [6.45, 7) is 6.57. The average Bonchev–Trinajstić information content (AvgIpc) is 2.93. The lowest BCUT2D eigenvalue weighted by Gasteiger charge is -2.14. The number of unbranched alkanes of at least 4 members (excludes halogenated alkanes) is 7. The summed E-state index contributed by atoms with van der Waals surface area (Å²) in [4.78, 5) is 21.3. The Kier molecular flexibility index (Phi) is 12.1. The second kappa shape index (κ2) is 15.8. The number of ether oxygens (including phenoxy) is 2. The van der Waals surface area contributed by atoms with Gasteiger partial charge in [-0.1, -0.05) is 83.1 Å². The van der Waals surface area contributed by atoms with Crippen molar-refractivity contribution in [3.63, 3.8) is 0 Å². The van der Waals surface area contributed by atoms with E-state index in [2.05, 4.69) is 48.1 Å². The fourth-order valence-electron chi connectivity index (χ4n) is 4.18. The molecule has 0 aliphatic heterocycles. The summed E-state index contributed by atoms with van der Waals surface area (Å²) in [5.74, 6) is 0.930. The first-order valence-corrected chi connectivity index (χ1v) is 14.0. The van der Waals surface area contributed by atoms with Gasteiger partial charge < -0.3 is 9.47 Å². The summed E-state index contributed by atoms with van der Waals surface area (Å²) in [6, 6.07) is 16.2. The summed E-state index contributed by atoms with van der Waals surface area (Å²) in [6.07, 6.45) is 15.0. The van der Waals surface area contributed by atoms with Crippen molar-refractivity contribution in [2.24, 2.45) is 0 Å². The molecule has 1 atom stereocenters. The molecule has 1 unspecified atom stereocenters. The molecule has 0 aliphatic rings. The van der Waals surface area contributed by atoms with E-state index < -0.39 is 6.10 Å². The Morgan fingerprint density at radius 1 is 0.730 bits per heavy atom. The van der Waals surface area contributed by atoms with Gasteiger partial charge in [-0.3, -0.25) is 0 Å². The molecule has 198 valence electrons. The van der Waals surface area contributed by atoms with Crippen LogP contribution in [0.5, 0.6) is 5.75 Å². The number of benzene rings is 2. The van der Waals surface area contributed by atoms with Crippen LogP contribution < -0.4 is 4.74 Å². The third-order valence-corrected chi connectivity index (χ3v) is 6.51. The maximum atomic E-state index is 12.1. The first-order valence-electron chi connectivity index (χ1n) is 14.0. The van der Waals surface area contributed by atoms with Crippen molar-refractivity contribution in [2.45, 2.75) is 91.1 Å². The van der Waals surface area contributed by atoms with Gasteiger partial charge in [0.15, 0.2) is 11.9 Å².